The van der Waals surface area contributed by atoms with Crippen LogP contribution in [0.15, 0.2) is 6.20 Å². The minimum atomic E-state index is -0.520. The highest BCUT2D eigenvalue weighted by molar-refractivity contribution is 5.78. The van der Waals surface area contributed by atoms with Crippen molar-refractivity contribution in [2.24, 2.45) is 11.7 Å². The normalized spacial score (nSPS) is 27.8. The maximum absolute atomic E-state index is 11.2. The highest BCUT2D eigenvalue weighted by Crippen LogP contribution is 2.42. The topological polar surface area (TPSA) is 107 Å². The number of rotatable bonds is 4. The number of primary amides is 1. The van der Waals surface area contributed by atoms with Crippen LogP contribution in [0.1, 0.15) is 31.4 Å². The summed E-state index contributed by atoms with van der Waals surface area (Å²) in [5.41, 5.74) is 5.52. The molecule has 1 aliphatic carbocycles. The summed E-state index contributed by atoms with van der Waals surface area (Å²) in [5.74, 6) is -0.225. The van der Waals surface area contributed by atoms with Crippen molar-refractivity contribution in [2.45, 2.75) is 37.3 Å². The summed E-state index contributed by atoms with van der Waals surface area (Å²) < 4.78 is 6.96. The minimum absolute atomic E-state index is 0.198. The predicted octanol–water partition coefficient (Wildman–Crippen LogP) is 0.124. The second-order valence-electron chi connectivity index (χ2n) is 5.44. The third-order valence-corrected chi connectivity index (χ3v) is 3.93. The van der Waals surface area contributed by atoms with Crippen LogP contribution in [0.4, 0.5) is 0 Å². The lowest BCUT2D eigenvalue weighted by Gasteiger charge is -2.26. The van der Waals surface area contributed by atoms with Crippen LogP contribution in [0, 0.1) is 23.7 Å². The molecule has 2 aliphatic rings. The van der Waals surface area contributed by atoms with Gasteiger partial charge in [0.25, 0.3) is 0 Å². The summed E-state index contributed by atoms with van der Waals surface area (Å²) in [6, 6.07) is 2.27. The number of nitrogens with two attached hydrogens (primary N) is 1. The average Bonchev–Trinajstić information content (AvgIpc) is 3.12. The first kappa shape index (κ1) is 13.1. The van der Waals surface area contributed by atoms with Gasteiger partial charge in [0.15, 0.2) is 5.54 Å². The van der Waals surface area contributed by atoms with E-state index in [2.05, 4.69) is 16.4 Å². The Morgan fingerprint density at radius 3 is 3.10 bits per heavy atom. The van der Waals surface area contributed by atoms with Gasteiger partial charge < -0.3 is 10.5 Å². The summed E-state index contributed by atoms with van der Waals surface area (Å²) in [7, 11) is 0. The molecule has 7 heteroatoms. The van der Waals surface area contributed by atoms with Gasteiger partial charge in [-0.05, 0) is 31.6 Å². The van der Waals surface area contributed by atoms with E-state index < -0.39 is 17.6 Å². The molecule has 1 aliphatic heterocycles. The molecule has 0 aromatic carbocycles. The zero-order valence-corrected chi connectivity index (χ0v) is 11.0. The molecule has 1 aromatic heterocycles. The SMILES string of the molecule is N#CC1(n2cc([CH]C3CCO[C@H](C(N)=O)C3)nn2)CC1. The first-order valence-corrected chi connectivity index (χ1v) is 6.73. The van der Waals surface area contributed by atoms with E-state index in [9.17, 15) is 4.79 Å². The molecule has 1 radical (unpaired) electrons. The van der Waals surface area contributed by atoms with Crippen molar-refractivity contribution in [3.8, 4) is 6.07 Å². The standard InChI is InChI=1S/C13H16N5O2/c14-8-13(2-3-13)18-7-10(16-17-18)5-9-1-4-20-11(6-9)12(15)19/h5,7,9,11H,1-4,6H2,(H2,15,19)/t9?,11-/m0/s1. The molecule has 20 heavy (non-hydrogen) atoms. The number of carbonyl (C=O) groups is 1. The van der Waals surface area contributed by atoms with E-state index in [1.54, 1.807) is 10.9 Å². The Hall–Kier alpha value is -1.94. The molecule has 1 amide bonds. The van der Waals surface area contributed by atoms with Crippen molar-refractivity contribution in [3.05, 3.63) is 18.3 Å². The first-order valence-electron chi connectivity index (χ1n) is 6.73. The number of hydrogen-bond donors (Lipinski definition) is 1. The van der Waals surface area contributed by atoms with E-state index >= 15 is 0 Å². The lowest BCUT2D eigenvalue weighted by molar-refractivity contribution is -0.133. The third-order valence-electron chi connectivity index (χ3n) is 3.93. The number of nitriles is 1. The van der Waals surface area contributed by atoms with Crippen LogP contribution in [0.25, 0.3) is 0 Å². The van der Waals surface area contributed by atoms with E-state index in [1.807, 2.05) is 6.42 Å². The highest BCUT2D eigenvalue weighted by atomic mass is 16.5. The Balaban J connectivity index is 1.64. The van der Waals surface area contributed by atoms with Gasteiger partial charge in [-0.3, -0.25) is 4.79 Å². The van der Waals surface area contributed by atoms with Crippen LogP contribution in [-0.2, 0) is 15.1 Å². The molecule has 0 bridgehead atoms. The van der Waals surface area contributed by atoms with Gasteiger partial charge in [0.05, 0.1) is 18.0 Å². The molecule has 2 N–H and O–H groups in total. The summed E-state index contributed by atoms with van der Waals surface area (Å²) in [6.45, 7) is 0.519. The fraction of sp³-hybridized carbons (Fsp3) is 0.615. The van der Waals surface area contributed by atoms with Gasteiger partial charge >= 0.3 is 0 Å². The zero-order valence-electron chi connectivity index (χ0n) is 11.0. The van der Waals surface area contributed by atoms with Crippen molar-refractivity contribution in [1.29, 1.82) is 5.26 Å². The fourth-order valence-corrected chi connectivity index (χ4v) is 2.49. The molecule has 1 aromatic rings. The van der Waals surface area contributed by atoms with Crippen LogP contribution in [0.2, 0.25) is 0 Å². The summed E-state index contributed by atoms with van der Waals surface area (Å²) in [4.78, 5) is 11.2. The maximum Gasteiger partial charge on any atom is 0.246 e. The Kier molecular flexibility index (Phi) is 3.18. The molecule has 2 fully saturated rings. The minimum Gasteiger partial charge on any atom is -0.368 e. The third kappa shape index (κ3) is 2.39. The summed E-state index contributed by atoms with van der Waals surface area (Å²) in [5, 5.41) is 17.2. The quantitative estimate of drug-likeness (QED) is 0.839. The number of amides is 1. The molecule has 1 unspecified atom stereocenters. The van der Waals surface area contributed by atoms with Crippen LogP contribution >= 0.6 is 0 Å². The fourth-order valence-electron chi connectivity index (χ4n) is 2.49. The van der Waals surface area contributed by atoms with Gasteiger partial charge in [-0.1, -0.05) is 5.21 Å². The Morgan fingerprint density at radius 2 is 2.45 bits per heavy atom. The highest BCUT2D eigenvalue weighted by Gasteiger charge is 2.46. The Labute approximate surface area is 116 Å². The number of ether oxygens (including phenoxy) is 1. The molecule has 3 rings (SSSR count). The largest absolute Gasteiger partial charge is 0.368 e. The molecule has 2 atom stereocenters. The van der Waals surface area contributed by atoms with Crippen LogP contribution in [0.3, 0.4) is 0 Å². The molecule has 1 saturated carbocycles. The lowest BCUT2D eigenvalue weighted by Crippen LogP contribution is -2.37. The van der Waals surface area contributed by atoms with Crippen molar-refractivity contribution < 1.29 is 9.53 Å². The van der Waals surface area contributed by atoms with Crippen molar-refractivity contribution in [1.82, 2.24) is 15.0 Å². The van der Waals surface area contributed by atoms with E-state index in [-0.39, 0.29) is 5.92 Å². The molecule has 0 spiro atoms. The van der Waals surface area contributed by atoms with E-state index in [1.165, 1.54) is 0 Å². The van der Waals surface area contributed by atoms with Crippen LogP contribution in [-0.4, -0.2) is 33.6 Å². The molecular formula is C13H16N5O2. The van der Waals surface area contributed by atoms with Gasteiger partial charge in [-0.2, -0.15) is 5.26 Å². The summed E-state index contributed by atoms with van der Waals surface area (Å²) in [6.07, 6.45) is 6.32. The van der Waals surface area contributed by atoms with E-state index in [0.29, 0.717) is 13.0 Å². The maximum atomic E-state index is 11.2. The predicted molar refractivity (Wildman–Crippen MR) is 67.9 cm³/mol. The van der Waals surface area contributed by atoms with Crippen LogP contribution < -0.4 is 5.73 Å². The molecule has 1 saturated heterocycles. The van der Waals surface area contributed by atoms with Crippen molar-refractivity contribution in [2.75, 3.05) is 6.61 Å². The molecule has 7 nitrogen and oxygen atoms in total. The number of hydrogen-bond acceptors (Lipinski definition) is 5. The monoisotopic (exact) mass is 274 g/mol. The van der Waals surface area contributed by atoms with Gasteiger partial charge in [0.2, 0.25) is 5.91 Å². The van der Waals surface area contributed by atoms with Crippen molar-refractivity contribution >= 4 is 5.91 Å². The van der Waals surface area contributed by atoms with Gasteiger partial charge in [-0.15, -0.1) is 5.10 Å². The van der Waals surface area contributed by atoms with Crippen LogP contribution in [0.5, 0.6) is 0 Å². The smallest absolute Gasteiger partial charge is 0.246 e. The van der Waals surface area contributed by atoms with Crippen molar-refractivity contribution in [3.63, 3.8) is 0 Å². The Morgan fingerprint density at radius 1 is 1.65 bits per heavy atom. The average molecular weight is 274 g/mol. The molecule has 2 heterocycles. The second kappa shape index (κ2) is 4.87. The number of carbonyl (C=O) groups excluding carboxylic acids is 1. The summed E-state index contributed by atoms with van der Waals surface area (Å²) >= 11 is 0. The first-order chi connectivity index (χ1) is 9.63. The van der Waals surface area contributed by atoms with Gasteiger partial charge in [0.1, 0.15) is 6.10 Å². The Bertz CT molecular complexity index is 557. The zero-order chi connectivity index (χ0) is 14.2. The van der Waals surface area contributed by atoms with E-state index in [4.69, 9.17) is 15.7 Å². The molecule has 105 valence electrons. The van der Waals surface area contributed by atoms with E-state index in [0.717, 1.165) is 25.0 Å². The van der Waals surface area contributed by atoms with Gasteiger partial charge in [0, 0.05) is 13.0 Å². The lowest BCUT2D eigenvalue weighted by atomic mass is 9.91. The number of nitrogens with zero attached hydrogens (tertiary/aromatic N) is 4. The second-order valence-corrected chi connectivity index (χ2v) is 5.44. The van der Waals surface area contributed by atoms with Gasteiger partial charge in [-0.25, -0.2) is 4.68 Å². The number of aromatic nitrogens is 3. The molecular weight excluding hydrogens is 258 g/mol.